The topological polar surface area (TPSA) is 93.2 Å². The van der Waals surface area contributed by atoms with Crippen LogP contribution < -0.4 is 21.3 Å². The number of nitrogens with zero attached hydrogens (tertiary/aromatic N) is 1. The molecule has 2 N–H and O–H groups in total. The zero-order valence-corrected chi connectivity index (χ0v) is 12.4. The molecule has 0 aliphatic rings. The van der Waals surface area contributed by atoms with Crippen molar-refractivity contribution in [3.05, 3.63) is 62.4 Å². The highest BCUT2D eigenvalue weighted by atomic mass is 16.5. The number of aryl methyl sites for hydroxylation is 1. The molecular formula is C15H17N3O4. The SMILES string of the molecule is COc1ccc(CNC(=O)Cn2cc(C)c(=O)[nH]c2=O)cc1. The average Bonchev–Trinajstić information content (AvgIpc) is 2.51. The first-order valence-corrected chi connectivity index (χ1v) is 6.69. The van der Waals surface area contributed by atoms with Gasteiger partial charge in [0.05, 0.1) is 7.11 Å². The number of H-pyrrole nitrogens is 1. The van der Waals surface area contributed by atoms with Gasteiger partial charge in [0.2, 0.25) is 5.91 Å². The summed E-state index contributed by atoms with van der Waals surface area (Å²) in [6.07, 6.45) is 1.37. The van der Waals surface area contributed by atoms with E-state index in [4.69, 9.17) is 4.74 Å². The van der Waals surface area contributed by atoms with E-state index in [0.29, 0.717) is 12.1 Å². The first kappa shape index (κ1) is 15.6. The summed E-state index contributed by atoms with van der Waals surface area (Å²) in [5.74, 6) is 0.426. The molecule has 0 saturated carbocycles. The Morgan fingerprint density at radius 3 is 2.59 bits per heavy atom. The molecule has 0 spiro atoms. The van der Waals surface area contributed by atoms with Gasteiger partial charge in [-0.3, -0.25) is 19.1 Å². The molecule has 2 rings (SSSR count). The standard InChI is InChI=1S/C15H17N3O4/c1-10-8-18(15(21)17-14(10)20)9-13(19)16-7-11-3-5-12(22-2)6-4-11/h3-6,8H,7,9H2,1-2H3,(H,16,19)(H,17,20,21). The van der Waals surface area contributed by atoms with Gasteiger partial charge in [0.25, 0.3) is 5.56 Å². The second-order valence-corrected chi connectivity index (χ2v) is 4.82. The van der Waals surface area contributed by atoms with E-state index < -0.39 is 11.2 Å². The lowest BCUT2D eigenvalue weighted by atomic mass is 10.2. The van der Waals surface area contributed by atoms with Gasteiger partial charge in [0.1, 0.15) is 12.3 Å². The number of aromatic nitrogens is 2. The number of hydrogen-bond donors (Lipinski definition) is 2. The molecular weight excluding hydrogens is 286 g/mol. The van der Waals surface area contributed by atoms with E-state index in [-0.39, 0.29) is 12.5 Å². The summed E-state index contributed by atoms with van der Waals surface area (Å²) < 4.78 is 6.22. The van der Waals surface area contributed by atoms with Crippen LogP contribution in [0.5, 0.6) is 5.75 Å². The highest BCUT2D eigenvalue weighted by Gasteiger charge is 2.06. The Morgan fingerprint density at radius 2 is 1.95 bits per heavy atom. The minimum absolute atomic E-state index is 0.146. The number of carbonyl (C=O) groups is 1. The van der Waals surface area contributed by atoms with E-state index in [1.54, 1.807) is 26.2 Å². The fourth-order valence-electron chi connectivity index (χ4n) is 1.89. The molecule has 1 aromatic carbocycles. The lowest BCUT2D eigenvalue weighted by Gasteiger charge is -2.08. The van der Waals surface area contributed by atoms with Crippen molar-refractivity contribution in [3.8, 4) is 5.75 Å². The van der Waals surface area contributed by atoms with E-state index in [1.807, 2.05) is 12.1 Å². The molecule has 7 nitrogen and oxygen atoms in total. The van der Waals surface area contributed by atoms with Crippen LogP contribution in [0.4, 0.5) is 0 Å². The Labute approximate surface area is 126 Å². The molecule has 0 radical (unpaired) electrons. The van der Waals surface area contributed by atoms with E-state index in [9.17, 15) is 14.4 Å². The number of ether oxygens (including phenoxy) is 1. The number of amides is 1. The van der Waals surface area contributed by atoms with Crippen LogP contribution in [-0.2, 0) is 17.9 Å². The molecule has 116 valence electrons. The largest absolute Gasteiger partial charge is 0.497 e. The second-order valence-electron chi connectivity index (χ2n) is 4.82. The van der Waals surface area contributed by atoms with Gasteiger partial charge in [-0.15, -0.1) is 0 Å². The van der Waals surface area contributed by atoms with Crippen LogP contribution in [-0.4, -0.2) is 22.6 Å². The Morgan fingerprint density at radius 1 is 1.27 bits per heavy atom. The fraction of sp³-hybridized carbons (Fsp3) is 0.267. The van der Waals surface area contributed by atoms with E-state index >= 15 is 0 Å². The number of rotatable bonds is 5. The molecule has 0 aliphatic heterocycles. The minimum Gasteiger partial charge on any atom is -0.497 e. The molecule has 7 heteroatoms. The lowest BCUT2D eigenvalue weighted by Crippen LogP contribution is -2.36. The molecule has 0 fully saturated rings. The Balaban J connectivity index is 1.97. The van der Waals surface area contributed by atoms with Crippen molar-refractivity contribution >= 4 is 5.91 Å². The quantitative estimate of drug-likeness (QED) is 0.823. The highest BCUT2D eigenvalue weighted by molar-refractivity contribution is 5.75. The number of methoxy groups -OCH3 is 1. The van der Waals surface area contributed by atoms with Crippen molar-refractivity contribution in [1.82, 2.24) is 14.9 Å². The summed E-state index contributed by atoms with van der Waals surface area (Å²) in [7, 11) is 1.58. The molecule has 2 aromatic rings. The molecule has 0 aliphatic carbocycles. The first-order valence-electron chi connectivity index (χ1n) is 6.69. The van der Waals surface area contributed by atoms with Gasteiger partial charge in [-0.05, 0) is 24.6 Å². The van der Waals surface area contributed by atoms with Gasteiger partial charge in [-0.1, -0.05) is 12.1 Å². The van der Waals surface area contributed by atoms with Crippen LogP contribution in [0.3, 0.4) is 0 Å². The number of aromatic amines is 1. The van der Waals surface area contributed by atoms with E-state index in [1.165, 1.54) is 10.8 Å². The van der Waals surface area contributed by atoms with Gasteiger partial charge in [0.15, 0.2) is 0 Å². The maximum Gasteiger partial charge on any atom is 0.328 e. The van der Waals surface area contributed by atoms with Gasteiger partial charge in [0, 0.05) is 18.3 Å². The van der Waals surface area contributed by atoms with Crippen LogP contribution in [0.25, 0.3) is 0 Å². The molecule has 0 unspecified atom stereocenters. The Bertz CT molecular complexity index is 775. The highest BCUT2D eigenvalue weighted by Crippen LogP contribution is 2.10. The first-order chi connectivity index (χ1) is 10.5. The number of benzene rings is 1. The fourth-order valence-corrected chi connectivity index (χ4v) is 1.89. The van der Waals surface area contributed by atoms with Gasteiger partial charge < -0.3 is 10.1 Å². The number of carbonyl (C=O) groups excluding carboxylic acids is 1. The van der Waals surface area contributed by atoms with Crippen LogP contribution >= 0.6 is 0 Å². The molecule has 22 heavy (non-hydrogen) atoms. The molecule has 1 heterocycles. The van der Waals surface area contributed by atoms with Crippen molar-refractivity contribution in [2.24, 2.45) is 0 Å². The van der Waals surface area contributed by atoms with Gasteiger partial charge in [-0.25, -0.2) is 4.79 Å². The number of nitrogens with one attached hydrogen (secondary N) is 2. The maximum absolute atomic E-state index is 11.9. The third-order valence-electron chi connectivity index (χ3n) is 3.15. The monoisotopic (exact) mass is 303 g/mol. The Hall–Kier alpha value is -2.83. The van der Waals surface area contributed by atoms with Crippen LogP contribution in [0.2, 0.25) is 0 Å². The van der Waals surface area contributed by atoms with Crippen molar-refractivity contribution in [2.45, 2.75) is 20.0 Å². The minimum atomic E-state index is -0.602. The maximum atomic E-state index is 11.9. The van der Waals surface area contributed by atoms with Crippen LogP contribution in [0.15, 0.2) is 40.1 Å². The summed E-state index contributed by atoms with van der Waals surface area (Å²) in [6, 6.07) is 7.29. The Kier molecular flexibility index (Phi) is 4.77. The van der Waals surface area contributed by atoms with Crippen molar-refractivity contribution in [3.63, 3.8) is 0 Å². The van der Waals surface area contributed by atoms with E-state index in [0.717, 1.165) is 11.3 Å². The lowest BCUT2D eigenvalue weighted by molar-refractivity contribution is -0.121. The predicted octanol–water partition coefficient (Wildman–Crippen LogP) is 0.170. The summed E-state index contributed by atoms with van der Waals surface area (Å²) >= 11 is 0. The third-order valence-corrected chi connectivity index (χ3v) is 3.15. The molecule has 0 saturated heterocycles. The smallest absolute Gasteiger partial charge is 0.328 e. The molecule has 1 aromatic heterocycles. The zero-order chi connectivity index (χ0) is 16.1. The summed E-state index contributed by atoms with van der Waals surface area (Å²) in [4.78, 5) is 36.9. The van der Waals surface area contributed by atoms with Crippen LogP contribution in [0.1, 0.15) is 11.1 Å². The van der Waals surface area contributed by atoms with Crippen molar-refractivity contribution in [1.29, 1.82) is 0 Å². The summed E-state index contributed by atoms with van der Waals surface area (Å²) in [6.45, 7) is 1.77. The zero-order valence-electron chi connectivity index (χ0n) is 12.4. The molecule has 1 amide bonds. The summed E-state index contributed by atoms with van der Waals surface area (Å²) in [5, 5.41) is 2.71. The van der Waals surface area contributed by atoms with Crippen molar-refractivity contribution < 1.29 is 9.53 Å². The van der Waals surface area contributed by atoms with Gasteiger partial charge >= 0.3 is 5.69 Å². The molecule has 0 atom stereocenters. The van der Waals surface area contributed by atoms with Crippen LogP contribution in [0, 0.1) is 6.92 Å². The normalized spacial score (nSPS) is 10.3. The van der Waals surface area contributed by atoms with Gasteiger partial charge in [-0.2, -0.15) is 0 Å². The molecule has 0 bridgehead atoms. The van der Waals surface area contributed by atoms with Crippen molar-refractivity contribution in [2.75, 3.05) is 7.11 Å². The average molecular weight is 303 g/mol. The third kappa shape index (κ3) is 3.85. The van der Waals surface area contributed by atoms with E-state index in [2.05, 4.69) is 10.3 Å². The number of hydrogen-bond acceptors (Lipinski definition) is 4. The second kappa shape index (κ2) is 6.75. The summed E-state index contributed by atoms with van der Waals surface area (Å²) in [5.41, 5.74) is 0.247. The predicted molar refractivity (Wildman–Crippen MR) is 80.9 cm³/mol.